The van der Waals surface area contributed by atoms with Gasteiger partial charge in [-0.05, 0) is 66.9 Å². The molecule has 0 saturated heterocycles. The van der Waals surface area contributed by atoms with Gasteiger partial charge in [-0.1, -0.05) is 42.5 Å². The number of hydrogen-bond acceptors (Lipinski definition) is 3. The number of aryl methyl sites for hydroxylation is 2. The van der Waals surface area contributed by atoms with Gasteiger partial charge in [0.25, 0.3) is 0 Å². The highest BCUT2D eigenvalue weighted by molar-refractivity contribution is 8.00. The summed E-state index contributed by atoms with van der Waals surface area (Å²) in [6.07, 6.45) is 3.28. The second kappa shape index (κ2) is 10.5. The summed E-state index contributed by atoms with van der Waals surface area (Å²) >= 11 is 1.43. The Hall–Kier alpha value is -3.31. The molecule has 30 heavy (non-hydrogen) atoms. The van der Waals surface area contributed by atoms with Crippen LogP contribution < -0.4 is 10.6 Å². The molecule has 2 amide bonds. The second-order valence-electron chi connectivity index (χ2n) is 6.90. The summed E-state index contributed by atoms with van der Waals surface area (Å²) in [5.41, 5.74) is 4.80. The maximum atomic E-state index is 12.3. The third-order valence-corrected chi connectivity index (χ3v) is 5.48. The van der Waals surface area contributed by atoms with Crippen molar-refractivity contribution >= 4 is 41.0 Å². The minimum Gasteiger partial charge on any atom is -0.325 e. The molecule has 0 fully saturated rings. The Morgan fingerprint density at radius 3 is 2.37 bits per heavy atom. The monoisotopic (exact) mass is 416 g/mol. The van der Waals surface area contributed by atoms with Crippen molar-refractivity contribution in [1.82, 2.24) is 0 Å². The molecule has 0 radical (unpaired) electrons. The van der Waals surface area contributed by atoms with E-state index in [1.165, 1.54) is 23.4 Å². The van der Waals surface area contributed by atoms with Gasteiger partial charge in [0, 0.05) is 22.3 Å². The molecular weight excluding hydrogens is 392 g/mol. The van der Waals surface area contributed by atoms with E-state index in [2.05, 4.69) is 10.6 Å². The van der Waals surface area contributed by atoms with Crippen LogP contribution in [-0.2, 0) is 9.59 Å². The molecule has 4 nitrogen and oxygen atoms in total. The van der Waals surface area contributed by atoms with Gasteiger partial charge in [0.05, 0.1) is 5.75 Å². The van der Waals surface area contributed by atoms with Crippen molar-refractivity contribution in [3.63, 3.8) is 0 Å². The van der Waals surface area contributed by atoms with Gasteiger partial charge in [-0.15, -0.1) is 11.8 Å². The standard InChI is InChI=1S/C25H24N2O2S/c1-18-11-13-22(15-19(18)2)27-25(29)17-30-23-10-6-9-21(16-23)26-24(28)14-12-20-7-4-3-5-8-20/h3-16H,17H2,1-2H3,(H,26,28)(H,27,29)/b14-12+. The van der Waals surface area contributed by atoms with Crippen molar-refractivity contribution in [2.24, 2.45) is 0 Å². The van der Waals surface area contributed by atoms with Crippen LogP contribution in [0, 0.1) is 13.8 Å². The van der Waals surface area contributed by atoms with E-state index in [-0.39, 0.29) is 17.6 Å². The number of nitrogens with one attached hydrogen (secondary N) is 2. The maximum Gasteiger partial charge on any atom is 0.248 e. The van der Waals surface area contributed by atoms with E-state index >= 15 is 0 Å². The third kappa shape index (κ3) is 6.64. The lowest BCUT2D eigenvalue weighted by molar-refractivity contribution is -0.114. The number of hydrogen-bond donors (Lipinski definition) is 2. The molecule has 5 heteroatoms. The van der Waals surface area contributed by atoms with E-state index in [1.54, 1.807) is 6.08 Å². The summed E-state index contributed by atoms with van der Waals surface area (Å²) in [6, 6.07) is 23.0. The molecule has 0 heterocycles. The van der Waals surface area contributed by atoms with Gasteiger partial charge < -0.3 is 10.6 Å². The Morgan fingerprint density at radius 2 is 1.60 bits per heavy atom. The van der Waals surface area contributed by atoms with Crippen LogP contribution in [0.25, 0.3) is 6.08 Å². The lowest BCUT2D eigenvalue weighted by atomic mass is 10.1. The van der Waals surface area contributed by atoms with E-state index in [0.29, 0.717) is 5.69 Å². The van der Waals surface area contributed by atoms with Gasteiger partial charge in [0.1, 0.15) is 0 Å². The van der Waals surface area contributed by atoms with E-state index < -0.39 is 0 Å². The van der Waals surface area contributed by atoms with Crippen LogP contribution in [0.1, 0.15) is 16.7 Å². The topological polar surface area (TPSA) is 58.2 Å². The van der Waals surface area contributed by atoms with Crippen molar-refractivity contribution in [2.75, 3.05) is 16.4 Å². The molecule has 0 bridgehead atoms. The molecule has 0 spiro atoms. The summed E-state index contributed by atoms with van der Waals surface area (Å²) in [5, 5.41) is 5.77. The molecule has 2 N–H and O–H groups in total. The minimum absolute atomic E-state index is 0.0662. The Bertz CT molecular complexity index is 1060. The number of carbonyl (C=O) groups excluding carboxylic acids is 2. The van der Waals surface area contributed by atoms with Crippen molar-refractivity contribution in [1.29, 1.82) is 0 Å². The van der Waals surface area contributed by atoms with Crippen molar-refractivity contribution in [2.45, 2.75) is 18.7 Å². The lowest BCUT2D eigenvalue weighted by Gasteiger charge is -2.08. The number of amides is 2. The zero-order valence-electron chi connectivity index (χ0n) is 17.0. The third-order valence-electron chi connectivity index (χ3n) is 4.49. The zero-order chi connectivity index (χ0) is 21.3. The Labute approximate surface area is 181 Å². The average Bonchev–Trinajstić information content (AvgIpc) is 2.74. The Balaban J connectivity index is 1.52. The Morgan fingerprint density at radius 1 is 0.833 bits per heavy atom. The molecule has 3 rings (SSSR count). The van der Waals surface area contributed by atoms with Crippen LogP contribution in [-0.4, -0.2) is 17.6 Å². The van der Waals surface area contributed by atoms with E-state index in [1.807, 2.05) is 86.6 Å². The van der Waals surface area contributed by atoms with Gasteiger partial charge in [0.2, 0.25) is 11.8 Å². The molecule has 0 unspecified atom stereocenters. The summed E-state index contributed by atoms with van der Waals surface area (Å²) in [4.78, 5) is 25.3. The van der Waals surface area contributed by atoms with Crippen LogP contribution >= 0.6 is 11.8 Å². The lowest BCUT2D eigenvalue weighted by Crippen LogP contribution is -2.14. The summed E-state index contributed by atoms with van der Waals surface area (Å²) in [6.45, 7) is 4.06. The van der Waals surface area contributed by atoms with E-state index in [0.717, 1.165) is 21.7 Å². The molecule has 3 aromatic rings. The highest BCUT2D eigenvalue weighted by Gasteiger charge is 2.06. The molecule has 0 aliphatic heterocycles. The molecule has 0 aliphatic rings. The Kier molecular flexibility index (Phi) is 7.46. The summed E-state index contributed by atoms with van der Waals surface area (Å²) in [5.74, 6) is 0.0232. The molecule has 152 valence electrons. The van der Waals surface area contributed by atoms with Crippen molar-refractivity contribution in [3.05, 3.63) is 95.6 Å². The second-order valence-corrected chi connectivity index (χ2v) is 7.95. The average molecular weight is 417 g/mol. The normalized spacial score (nSPS) is 10.7. The molecule has 3 aromatic carbocycles. The van der Waals surface area contributed by atoms with Gasteiger partial charge >= 0.3 is 0 Å². The molecule has 0 saturated carbocycles. The highest BCUT2D eigenvalue weighted by atomic mass is 32.2. The largest absolute Gasteiger partial charge is 0.325 e. The molecular formula is C25H24N2O2S. The fraction of sp³-hybridized carbons (Fsp3) is 0.120. The minimum atomic E-state index is -0.200. The van der Waals surface area contributed by atoms with Gasteiger partial charge in [-0.2, -0.15) is 0 Å². The molecule has 0 aliphatic carbocycles. The number of rotatable bonds is 7. The first-order valence-corrected chi connectivity index (χ1v) is 10.6. The van der Waals surface area contributed by atoms with Crippen LogP contribution in [0.15, 0.2) is 83.8 Å². The quantitative estimate of drug-likeness (QED) is 0.384. The fourth-order valence-corrected chi connectivity index (χ4v) is 3.50. The first kappa shape index (κ1) is 21.4. The van der Waals surface area contributed by atoms with Crippen LogP contribution in [0.5, 0.6) is 0 Å². The number of anilines is 2. The first-order chi connectivity index (χ1) is 14.5. The SMILES string of the molecule is Cc1ccc(NC(=O)CSc2cccc(NC(=O)/C=C/c3ccccc3)c2)cc1C. The molecule has 0 aromatic heterocycles. The molecule has 0 atom stereocenters. The highest BCUT2D eigenvalue weighted by Crippen LogP contribution is 2.22. The van der Waals surface area contributed by atoms with Gasteiger partial charge in [-0.3, -0.25) is 9.59 Å². The predicted molar refractivity (Wildman–Crippen MR) is 126 cm³/mol. The van der Waals surface area contributed by atoms with Crippen molar-refractivity contribution in [3.8, 4) is 0 Å². The number of carbonyl (C=O) groups is 2. The maximum absolute atomic E-state index is 12.3. The fourth-order valence-electron chi connectivity index (χ4n) is 2.75. The van der Waals surface area contributed by atoms with Crippen molar-refractivity contribution < 1.29 is 9.59 Å². The summed E-state index contributed by atoms with van der Waals surface area (Å²) < 4.78 is 0. The van der Waals surface area contributed by atoms with Crippen LogP contribution in [0.4, 0.5) is 11.4 Å². The predicted octanol–water partition coefficient (Wildman–Crippen LogP) is 5.69. The van der Waals surface area contributed by atoms with Gasteiger partial charge in [-0.25, -0.2) is 0 Å². The number of thioether (sulfide) groups is 1. The van der Waals surface area contributed by atoms with Gasteiger partial charge in [0.15, 0.2) is 0 Å². The first-order valence-electron chi connectivity index (χ1n) is 9.64. The van der Waals surface area contributed by atoms with Crippen LogP contribution in [0.3, 0.4) is 0 Å². The number of benzene rings is 3. The van der Waals surface area contributed by atoms with E-state index in [4.69, 9.17) is 0 Å². The zero-order valence-corrected chi connectivity index (χ0v) is 17.8. The smallest absolute Gasteiger partial charge is 0.248 e. The summed E-state index contributed by atoms with van der Waals surface area (Å²) in [7, 11) is 0. The van der Waals surface area contributed by atoms with Crippen LogP contribution in [0.2, 0.25) is 0 Å². The van der Waals surface area contributed by atoms with E-state index in [9.17, 15) is 9.59 Å².